The van der Waals surface area contributed by atoms with Gasteiger partial charge in [0, 0.05) is 17.3 Å². The van der Waals surface area contributed by atoms with E-state index in [4.69, 9.17) is 4.74 Å². The minimum Gasteiger partial charge on any atom is -0.504 e. The van der Waals surface area contributed by atoms with E-state index in [2.05, 4.69) is 10.2 Å². The van der Waals surface area contributed by atoms with Gasteiger partial charge in [-0.25, -0.2) is 10.0 Å². The lowest BCUT2D eigenvalue weighted by atomic mass is 9.73. The maximum atomic E-state index is 13.8. The van der Waals surface area contributed by atoms with Gasteiger partial charge in [0.15, 0.2) is 11.5 Å². The number of methoxy groups -OCH3 is 1. The highest BCUT2D eigenvalue weighted by molar-refractivity contribution is 6.19. The van der Waals surface area contributed by atoms with Gasteiger partial charge < -0.3 is 9.84 Å². The van der Waals surface area contributed by atoms with Gasteiger partial charge in [0.25, 0.3) is 11.8 Å². The molecule has 2 heterocycles. The summed E-state index contributed by atoms with van der Waals surface area (Å²) in [7, 11) is 1.46. The lowest BCUT2D eigenvalue weighted by Gasteiger charge is -2.29. The summed E-state index contributed by atoms with van der Waals surface area (Å²) in [5.74, 6) is -2.26. The maximum absolute atomic E-state index is 13.8. The lowest BCUT2D eigenvalue weighted by Crippen LogP contribution is -2.40. The SMILES string of the molecule is COc1cc(C(C2C(=O)N(c3ccccc3)N=C2C)C2C(=O)N(c3ccccc3)N=C2C)ccc1O. The van der Waals surface area contributed by atoms with Crippen LogP contribution in [0.1, 0.15) is 25.3 Å². The molecule has 3 aromatic rings. The molecule has 2 aliphatic heterocycles. The number of hydrazone groups is 2. The smallest absolute Gasteiger partial charge is 0.256 e. The second-order valence-electron chi connectivity index (χ2n) is 8.87. The molecule has 8 heteroatoms. The van der Waals surface area contributed by atoms with Gasteiger partial charge in [-0.05, 0) is 55.8 Å². The second kappa shape index (κ2) is 9.30. The first kappa shape index (κ1) is 23.3. The standard InChI is InChI=1S/C28H26N4O4/c1-17-24(27(34)31(29-17)20-10-6-4-7-11-20)26(19-14-15-22(33)23(16-19)36-3)25-18(2)30-32(28(25)35)21-12-8-5-9-13-21/h4-16,24-26,33H,1-3H3. The Labute approximate surface area is 209 Å². The van der Waals surface area contributed by atoms with Crippen molar-refractivity contribution in [2.45, 2.75) is 19.8 Å². The van der Waals surface area contributed by atoms with Crippen LogP contribution in [-0.4, -0.2) is 35.5 Å². The Morgan fingerprint density at radius 2 is 1.25 bits per heavy atom. The monoisotopic (exact) mass is 482 g/mol. The molecular formula is C28H26N4O4. The summed E-state index contributed by atoms with van der Waals surface area (Å²) in [6, 6.07) is 23.3. The average molecular weight is 483 g/mol. The highest BCUT2D eigenvalue weighted by atomic mass is 16.5. The number of ether oxygens (including phenoxy) is 1. The van der Waals surface area contributed by atoms with E-state index in [0.717, 1.165) is 0 Å². The molecule has 182 valence electrons. The van der Waals surface area contributed by atoms with Crippen molar-refractivity contribution in [1.29, 1.82) is 0 Å². The number of para-hydroxylation sites is 2. The van der Waals surface area contributed by atoms with Gasteiger partial charge in [-0.15, -0.1) is 0 Å². The lowest BCUT2D eigenvalue weighted by molar-refractivity contribution is -0.122. The third-order valence-corrected chi connectivity index (χ3v) is 6.67. The fraction of sp³-hybridized carbons (Fsp3) is 0.214. The van der Waals surface area contributed by atoms with E-state index in [9.17, 15) is 14.7 Å². The van der Waals surface area contributed by atoms with E-state index < -0.39 is 17.8 Å². The van der Waals surface area contributed by atoms with Crippen molar-refractivity contribution >= 4 is 34.6 Å². The zero-order chi connectivity index (χ0) is 25.4. The molecule has 0 fully saturated rings. The summed E-state index contributed by atoms with van der Waals surface area (Å²) in [6.07, 6.45) is 0. The van der Waals surface area contributed by atoms with Crippen LogP contribution in [0.3, 0.4) is 0 Å². The predicted octanol–water partition coefficient (Wildman–Crippen LogP) is 4.56. The zero-order valence-corrected chi connectivity index (χ0v) is 20.2. The number of carbonyl (C=O) groups excluding carboxylic acids is 2. The summed E-state index contributed by atoms with van der Waals surface area (Å²) in [6.45, 7) is 3.61. The minimum atomic E-state index is -0.714. The number of phenolic OH excluding ortho intramolecular Hbond substituents is 1. The largest absolute Gasteiger partial charge is 0.504 e. The molecule has 2 aliphatic rings. The van der Waals surface area contributed by atoms with Crippen molar-refractivity contribution in [3.63, 3.8) is 0 Å². The molecular weight excluding hydrogens is 456 g/mol. The summed E-state index contributed by atoms with van der Waals surface area (Å²) < 4.78 is 5.35. The van der Waals surface area contributed by atoms with E-state index in [1.165, 1.54) is 23.2 Å². The number of amides is 2. The highest BCUT2D eigenvalue weighted by Gasteiger charge is 2.50. The topological polar surface area (TPSA) is 94.8 Å². The van der Waals surface area contributed by atoms with Gasteiger partial charge in [0.2, 0.25) is 0 Å². The molecule has 2 amide bonds. The van der Waals surface area contributed by atoms with Crippen molar-refractivity contribution in [2.24, 2.45) is 22.0 Å². The molecule has 0 radical (unpaired) electrons. The number of benzene rings is 3. The Morgan fingerprint density at radius 3 is 1.69 bits per heavy atom. The summed E-state index contributed by atoms with van der Waals surface area (Å²) in [4.78, 5) is 27.7. The highest BCUT2D eigenvalue weighted by Crippen LogP contribution is 2.44. The van der Waals surface area contributed by atoms with Crippen LogP contribution in [0.15, 0.2) is 89.1 Å². The molecule has 5 rings (SSSR count). The fourth-order valence-electron chi connectivity index (χ4n) is 4.97. The Hall–Kier alpha value is -4.46. The number of aromatic hydroxyl groups is 1. The van der Waals surface area contributed by atoms with E-state index in [-0.39, 0.29) is 23.3 Å². The Balaban J connectivity index is 1.60. The van der Waals surface area contributed by atoms with Crippen LogP contribution >= 0.6 is 0 Å². The van der Waals surface area contributed by atoms with Crippen LogP contribution < -0.4 is 14.8 Å². The van der Waals surface area contributed by atoms with Gasteiger partial charge in [0.1, 0.15) is 0 Å². The van der Waals surface area contributed by atoms with E-state index in [1.807, 2.05) is 60.7 Å². The van der Waals surface area contributed by atoms with Crippen molar-refractivity contribution in [2.75, 3.05) is 17.1 Å². The van der Waals surface area contributed by atoms with E-state index >= 15 is 0 Å². The van der Waals surface area contributed by atoms with Crippen molar-refractivity contribution in [3.05, 3.63) is 84.4 Å². The quantitative estimate of drug-likeness (QED) is 0.557. The van der Waals surface area contributed by atoms with Crippen LogP contribution in [0.5, 0.6) is 11.5 Å². The first-order valence-electron chi connectivity index (χ1n) is 11.7. The van der Waals surface area contributed by atoms with E-state index in [0.29, 0.717) is 28.4 Å². The van der Waals surface area contributed by atoms with Crippen molar-refractivity contribution in [3.8, 4) is 11.5 Å². The molecule has 1 N–H and O–H groups in total. The van der Waals surface area contributed by atoms with Crippen LogP contribution in [0.25, 0.3) is 0 Å². The van der Waals surface area contributed by atoms with E-state index in [1.54, 1.807) is 26.0 Å². The summed E-state index contributed by atoms with van der Waals surface area (Å²) in [5.41, 5.74) is 3.18. The zero-order valence-electron chi connectivity index (χ0n) is 20.2. The van der Waals surface area contributed by atoms with Crippen LogP contribution in [0.2, 0.25) is 0 Å². The first-order chi connectivity index (χ1) is 17.4. The van der Waals surface area contributed by atoms with Crippen molar-refractivity contribution < 1.29 is 19.4 Å². The third kappa shape index (κ3) is 3.90. The molecule has 0 saturated heterocycles. The summed E-state index contributed by atoms with van der Waals surface area (Å²) >= 11 is 0. The Morgan fingerprint density at radius 1 is 0.778 bits per heavy atom. The Kier molecular flexibility index (Phi) is 6.01. The number of carbonyl (C=O) groups is 2. The molecule has 0 aliphatic carbocycles. The molecule has 0 saturated carbocycles. The van der Waals surface area contributed by atoms with Gasteiger partial charge in [-0.2, -0.15) is 10.2 Å². The maximum Gasteiger partial charge on any atom is 0.256 e. The number of nitrogens with zero attached hydrogens (tertiary/aromatic N) is 4. The molecule has 36 heavy (non-hydrogen) atoms. The summed E-state index contributed by atoms with van der Waals surface area (Å²) in [5, 5.41) is 22.2. The normalized spacial score (nSPS) is 20.4. The van der Waals surface area contributed by atoms with Crippen LogP contribution in [0.4, 0.5) is 11.4 Å². The van der Waals surface area contributed by atoms with Gasteiger partial charge >= 0.3 is 0 Å². The number of hydrogen-bond donors (Lipinski definition) is 1. The number of anilines is 2. The van der Waals surface area contributed by atoms with Gasteiger partial charge in [-0.3, -0.25) is 9.59 Å². The van der Waals surface area contributed by atoms with Crippen molar-refractivity contribution in [1.82, 2.24) is 0 Å². The Bertz CT molecular complexity index is 1290. The van der Waals surface area contributed by atoms with Gasteiger partial charge in [-0.1, -0.05) is 42.5 Å². The average Bonchev–Trinajstić information content (AvgIpc) is 3.36. The minimum absolute atomic E-state index is 0.0249. The number of phenols is 1. The molecule has 0 aromatic heterocycles. The molecule has 0 spiro atoms. The predicted molar refractivity (Wildman–Crippen MR) is 138 cm³/mol. The molecule has 0 bridgehead atoms. The fourth-order valence-corrected chi connectivity index (χ4v) is 4.97. The molecule has 8 nitrogen and oxygen atoms in total. The molecule has 3 aromatic carbocycles. The third-order valence-electron chi connectivity index (χ3n) is 6.67. The first-order valence-corrected chi connectivity index (χ1v) is 11.7. The van der Waals surface area contributed by atoms with Crippen LogP contribution in [-0.2, 0) is 9.59 Å². The van der Waals surface area contributed by atoms with Crippen LogP contribution in [0, 0.1) is 11.8 Å². The van der Waals surface area contributed by atoms with Gasteiger partial charge in [0.05, 0.1) is 30.3 Å². The molecule has 2 unspecified atom stereocenters. The number of rotatable bonds is 6. The second-order valence-corrected chi connectivity index (χ2v) is 8.87. The molecule has 2 atom stereocenters. The number of hydrogen-bond acceptors (Lipinski definition) is 6.